The predicted molar refractivity (Wildman–Crippen MR) is 102 cm³/mol. The van der Waals surface area contributed by atoms with Gasteiger partial charge in [-0.05, 0) is 55.2 Å². The van der Waals surface area contributed by atoms with Gasteiger partial charge in [-0.15, -0.1) is 0 Å². The van der Waals surface area contributed by atoms with Crippen molar-refractivity contribution >= 4 is 22.5 Å². The number of fused-ring (bicyclic) bond motifs is 3. The van der Waals surface area contributed by atoms with Gasteiger partial charge in [0, 0.05) is 22.5 Å². The first-order valence-corrected chi connectivity index (χ1v) is 8.81. The predicted octanol–water partition coefficient (Wildman–Crippen LogP) is 3.93. The van der Waals surface area contributed by atoms with E-state index < -0.39 is 0 Å². The maximum absolute atomic E-state index is 12.8. The van der Waals surface area contributed by atoms with E-state index in [0.717, 1.165) is 35.9 Å². The second-order valence-electron chi connectivity index (χ2n) is 6.62. The van der Waals surface area contributed by atoms with Crippen LogP contribution in [0, 0.1) is 5.92 Å². The second kappa shape index (κ2) is 6.75. The van der Waals surface area contributed by atoms with E-state index in [0.29, 0.717) is 11.4 Å². The number of ether oxygens (including phenoxy) is 2. The highest BCUT2D eigenvalue weighted by molar-refractivity contribution is 5.95. The maximum Gasteiger partial charge on any atom is 0.227 e. The fourth-order valence-electron chi connectivity index (χ4n) is 3.73. The molecular weight excluding hydrogens is 328 g/mol. The van der Waals surface area contributed by atoms with E-state index in [2.05, 4.69) is 10.3 Å². The van der Waals surface area contributed by atoms with Crippen molar-refractivity contribution in [1.82, 2.24) is 4.98 Å². The van der Waals surface area contributed by atoms with Gasteiger partial charge in [0.2, 0.25) is 5.91 Å². The minimum Gasteiger partial charge on any atom is -0.497 e. The van der Waals surface area contributed by atoms with Crippen molar-refractivity contribution in [2.45, 2.75) is 19.3 Å². The largest absolute Gasteiger partial charge is 0.497 e. The van der Waals surface area contributed by atoms with Crippen LogP contribution in [0.5, 0.6) is 11.5 Å². The zero-order valence-electron chi connectivity index (χ0n) is 15.0. The summed E-state index contributed by atoms with van der Waals surface area (Å²) in [5, 5.41) is 4.17. The monoisotopic (exact) mass is 350 g/mol. The van der Waals surface area contributed by atoms with Crippen molar-refractivity contribution in [2.24, 2.45) is 5.92 Å². The molecule has 1 heterocycles. The number of carbonyl (C=O) groups excluding carboxylic acids is 1. The first kappa shape index (κ1) is 16.5. The molecule has 3 aromatic rings. The third kappa shape index (κ3) is 2.90. The number of H-pyrrole nitrogens is 1. The van der Waals surface area contributed by atoms with Crippen LogP contribution in [-0.2, 0) is 17.6 Å². The lowest BCUT2D eigenvalue weighted by Crippen LogP contribution is -2.28. The van der Waals surface area contributed by atoms with Crippen molar-refractivity contribution in [3.05, 3.63) is 53.7 Å². The molecule has 0 saturated heterocycles. The van der Waals surface area contributed by atoms with E-state index in [1.54, 1.807) is 14.2 Å². The molecule has 1 aliphatic carbocycles. The molecule has 5 nitrogen and oxygen atoms in total. The average Bonchev–Trinajstić information content (AvgIpc) is 3.05. The van der Waals surface area contributed by atoms with Crippen LogP contribution >= 0.6 is 0 Å². The first-order valence-electron chi connectivity index (χ1n) is 8.81. The summed E-state index contributed by atoms with van der Waals surface area (Å²) >= 11 is 0. The van der Waals surface area contributed by atoms with Crippen LogP contribution in [0.3, 0.4) is 0 Å². The van der Waals surface area contributed by atoms with Crippen LogP contribution in [-0.4, -0.2) is 25.1 Å². The topological polar surface area (TPSA) is 63.4 Å². The molecule has 1 atom stereocenters. The quantitative estimate of drug-likeness (QED) is 0.749. The fourth-order valence-corrected chi connectivity index (χ4v) is 3.73. The molecule has 0 fully saturated rings. The lowest BCUT2D eigenvalue weighted by atomic mass is 9.85. The standard InChI is InChI=1S/C21H22N2O3/c1-25-14-8-10-18-16(12-14)15-11-13(7-9-17(15)22-18)21(24)23-19-5-3-4-6-20(19)26-2/h3-6,8,10,12-13,22H,7,9,11H2,1-2H3,(H,23,24). The average molecular weight is 350 g/mol. The number of nitrogens with one attached hydrogen (secondary N) is 2. The molecule has 0 aliphatic heterocycles. The number of para-hydroxylation sites is 2. The van der Waals surface area contributed by atoms with Crippen LogP contribution in [0.1, 0.15) is 17.7 Å². The van der Waals surface area contributed by atoms with Crippen molar-refractivity contribution in [2.75, 3.05) is 19.5 Å². The molecule has 4 rings (SSSR count). The number of rotatable bonds is 4. The fraction of sp³-hybridized carbons (Fsp3) is 0.286. The molecule has 2 aromatic carbocycles. The highest BCUT2D eigenvalue weighted by Crippen LogP contribution is 2.34. The van der Waals surface area contributed by atoms with E-state index in [-0.39, 0.29) is 11.8 Å². The highest BCUT2D eigenvalue weighted by Gasteiger charge is 2.28. The van der Waals surface area contributed by atoms with Crippen LogP contribution in [0.15, 0.2) is 42.5 Å². The highest BCUT2D eigenvalue weighted by atomic mass is 16.5. The van der Waals surface area contributed by atoms with Gasteiger partial charge in [-0.1, -0.05) is 12.1 Å². The summed E-state index contributed by atoms with van der Waals surface area (Å²) in [6, 6.07) is 13.5. The van der Waals surface area contributed by atoms with Gasteiger partial charge in [0.05, 0.1) is 19.9 Å². The Hall–Kier alpha value is -2.95. The summed E-state index contributed by atoms with van der Waals surface area (Å²) in [6.45, 7) is 0. The molecule has 0 radical (unpaired) electrons. The van der Waals surface area contributed by atoms with Gasteiger partial charge in [0.25, 0.3) is 0 Å². The normalized spacial score (nSPS) is 16.2. The number of amides is 1. The van der Waals surface area contributed by atoms with Crippen molar-refractivity contribution in [3.63, 3.8) is 0 Å². The molecule has 5 heteroatoms. The van der Waals surface area contributed by atoms with E-state index in [1.165, 1.54) is 11.3 Å². The Morgan fingerprint density at radius 1 is 1.15 bits per heavy atom. The number of aromatic nitrogens is 1. The Kier molecular flexibility index (Phi) is 4.29. The number of benzene rings is 2. The number of hydrogen-bond donors (Lipinski definition) is 2. The molecule has 1 unspecified atom stereocenters. The lowest BCUT2D eigenvalue weighted by Gasteiger charge is -2.22. The van der Waals surface area contributed by atoms with Crippen molar-refractivity contribution in [1.29, 1.82) is 0 Å². The molecule has 2 N–H and O–H groups in total. The Morgan fingerprint density at radius 3 is 2.81 bits per heavy atom. The summed E-state index contributed by atoms with van der Waals surface area (Å²) in [6.07, 6.45) is 2.43. The Morgan fingerprint density at radius 2 is 2.00 bits per heavy atom. The molecule has 1 amide bonds. The zero-order valence-corrected chi connectivity index (χ0v) is 15.0. The molecule has 1 aliphatic rings. The lowest BCUT2D eigenvalue weighted by molar-refractivity contribution is -0.120. The van der Waals surface area contributed by atoms with E-state index >= 15 is 0 Å². The van der Waals surface area contributed by atoms with Gasteiger partial charge in [-0.3, -0.25) is 4.79 Å². The smallest absolute Gasteiger partial charge is 0.227 e. The Bertz CT molecular complexity index is 961. The van der Waals surface area contributed by atoms with Gasteiger partial charge in [0.15, 0.2) is 0 Å². The zero-order chi connectivity index (χ0) is 18.1. The summed E-state index contributed by atoms with van der Waals surface area (Å²) < 4.78 is 10.7. The minimum absolute atomic E-state index is 0.0393. The van der Waals surface area contributed by atoms with E-state index in [4.69, 9.17) is 9.47 Å². The maximum atomic E-state index is 12.8. The number of methoxy groups -OCH3 is 2. The first-order chi connectivity index (χ1) is 12.7. The van der Waals surface area contributed by atoms with Gasteiger partial charge in [0.1, 0.15) is 11.5 Å². The summed E-state index contributed by atoms with van der Waals surface area (Å²) in [7, 11) is 3.28. The summed E-state index contributed by atoms with van der Waals surface area (Å²) in [4.78, 5) is 16.3. The van der Waals surface area contributed by atoms with Crippen molar-refractivity contribution < 1.29 is 14.3 Å². The van der Waals surface area contributed by atoms with Gasteiger partial charge in [-0.2, -0.15) is 0 Å². The number of carbonyl (C=O) groups is 1. The van der Waals surface area contributed by atoms with Gasteiger partial charge in [-0.25, -0.2) is 0 Å². The van der Waals surface area contributed by atoms with Crippen LogP contribution in [0.4, 0.5) is 5.69 Å². The van der Waals surface area contributed by atoms with E-state index in [9.17, 15) is 4.79 Å². The van der Waals surface area contributed by atoms with Crippen LogP contribution in [0.25, 0.3) is 10.9 Å². The molecule has 0 bridgehead atoms. The molecule has 26 heavy (non-hydrogen) atoms. The molecule has 134 valence electrons. The Balaban J connectivity index is 1.58. The van der Waals surface area contributed by atoms with Crippen molar-refractivity contribution in [3.8, 4) is 11.5 Å². The summed E-state index contributed by atoms with van der Waals surface area (Å²) in [5.74, 6) is 1.49. The minimum atomic E-state index is -0.0578. The molecule has 0 spiro atoms. The third-order valence-electron chi connectivity index (χ3n) is 5.13. The third-order valence-corrected chi connectivity index (χ3v) is 5.13. The molecule has 1 aromatic heterocycles. The second-order valence-corrected chi connectivity index (χ2v) is 6.62. The van der Waals surface area contributed by atoms with E-state index in [1.807, 2.05) is 42.5 Å². The molecule has 0 saturated carbocycles. The number of aryl methyl sites for hydroxylation is 1. The van der Waals surface area contributed by atoms with Gasteiger partial charge >= 0.3 is 0 Å². The van der Waals surface area contributed by atoms with Crippen LogP contribution < -0.4 is 14.8 Å². The van der Waals surface area contributed by atoms with Gasteiger partial charge < -0.3 is 19.8 Å². The summed E-state index contributed by atoms with van der Waals surface area (Å²) in [5.41, 5.74) is 4.27. The number of anilines is 1. The SMILES string of the molecule is COc1ccc2[nH]c3c(c2c1)CC(C(=O)Nc1ccccc1OC)CC3. The number of aromatic amines is 1. The Labute approximate surface area is 152 Å². The molecular formula is C21H22N2O3. The number of hydrogen-bond acceptors (Lipinski definition) is 3. The van der Waals surface area contributed by atoms with Crippen LogP contribution in [0.2, 0.25) is 0 Å².